The van der Waals surface area contributed by atoms with Crippen molar-refractivity contribution in [1.29, 1.82) is 0 Å². The molecule has 4 N–H and O–H groups in total. The molecule has 0 aliphatic rings. The Hall–Kier alpha value is -1.83. The number of carbonyl (C=O) groups is 2. The van der Waals surface area contributed by atoms with Gasteiger partial charge in [-0.3, -0.25) is 9.59 Å². The lowest BCUT2D eigenvalue weighted by Gasteiger charge is -2.15. The van der Waals surface area contributed by atoms with Crippen molar-refractivity contribution in [2.45, 2.75) is 19.4 Å². The Morgan fingerprint density at radius 2 is 1.91 bits per heavy atom. The van der Waals surface area contributed by atoms with Crippen molar-refractivity contribution in [2.75, 3.05) is 31.4 Å². The Balaban J connectivity index is 0.00000441. The molecule has 0 heterocycles. The van der Waals surface area contributed by atoms with Crippen molar-refractivity contribution in [2.24, 2.45) is 5.73 Å². The molecule has 1 rings (SSSR count). The number of hydrogen-bond donors (Lipinski definition) is 3. The fourth-order valence-electron chi connectivity index (χ4n) is 1.72. The first kappa shape index (κ1) is 20.2. The molecule has 0 bridgehead atoms. The highest BCUT2D eigenvalue weighted by atomic mass is 35.5. The first-order valence-electron chi connectivity index (χ1n) is 6.48. The molecular weight excluding hydrogens is 310 g/mol. The van der Waals surface area contributed by atoms with Crippen LogP contribution in [-0.2, 0) is 14.3 Å². The number of methoxy groups -OCH3 is 2. The minimum Gasteiger partial charge on any atom is -0.497 e. The average molecular weight is 332 g/mol. The lowest BCUT2D eigenvalue weighted by molar-refractivity contribution is -0.118. The van der Waals surface area contributed by atoms with Crippen molar-refractivity contribution in [3.05, 3.63) is 18.2 Å². The molecule has 1 atom stereocenters. The zero-order chi connectivity index (χ0) is 15.8. The quantitative estimate of drug-likeness (QED) is 0.700. The fraction of sp³-hybridized carbons (Fsp3) is 0.429. The van der Waals surface area contributed by atoms with Crippen LogP contribution in [0.5, 0.6) is 5.75 Å². The van der Waals surface area contributed by atoms with E-state index in [9.17, 15) is 9.59 Å². The Kier molecular flexibility index (Phi) is 9.16. The molecule has 0 radical (unpaired) electrons. The molecule has 0 aliphatic carbocycles. The number of benzene rings is 1. The van der Waals surface area contributed by atoms with E-state index in [2.05, 4.69) is 10.6 Å². The third kappa shape index (κ3) is 6.30. The zero-order valence-corrected chi connectivity index (χ0v) is 13.7. The second kappa shape index (κ2) is 9.99. The van der Waals surface area contributed by atoms with E-state index in [0.29, 0.717) is 17.1 Å². The van der Waals surface area contributed by atoms with Gasteiger partial charge in [0.15, 0.2) is 0 Å². The predicted molar refractivity (Wildman–Crippen MR) is 87.6 cm³/mol. The van der Waals surface area contributed by atoms with Gasteiger partial charge in [0.05, 0.1) is 31.0 Å². The maximum atomic E-state index is 12.0. The number of ether oxygens (including phenoxy) is 2. The fourth-order valence-corrected chi connectivity index (χ4v) is 1.72. The van der Waals surface area contributed by atoms with Gasteiger partial charge < -0.3 is 25.8 Å². The van der Waals surface area contributed by atoms with E-state index in [4.69, 9.17) is 15.2 Å². The summed E-state index contributed by atoms with van der Waals surface area (Å²) in [6.07, 6.45) is -0.219. The second-order valence-electron chi connectivity index (χ2n) is 4.44. The van der Waals surface area contributed by atoms with E-state index in [1.54, 1.807) is 18.2 Å². The number of carbonyl (C=O) groups excluding carboxylic acids is 2. The summed E-state index contributed by atoms with van der Waals surface area (Å²) in [6.45, 7) is 1.64. The van der Waals surface area contributed by atoms with E-state index in [0.717, 1.165) is 0 Å². The summed E-state index contributed by atoms with van der Waals surface area (Å²) in [4.78, 5) is 23.2. The van der Waals surface area contributed by atoms with Crippen LogP contribution in [0.25, 0.3) is 0 Å². The molecule has 0 spiro atoms. The SMILES string of the molecule is COc1ccc(NC(C)=O)c(NC(=O)CC(CN)OC)c1.Cl. The summed E-state index contributed by atoms with van der Waals surface area (Å²) < 4.78 is 10.2. The predicted octanol–water partition coefficient (Wildman–Crippen LogP) is 1.38. The molecule has 1 aromatic rings. The molecule has 0 saturated heterocycles. The Morgan fingerprint density at radius 1 is 1.23 bits per heavy atom. The zero-order valence-electron chi connectivity index (χ0n) is 12.8. The molecule has 124 valence electrons. The van der Waals surface area contributed by atoms with Crippen LogP contribution in [0.4, 0.5) is 11.4 Å². The summed E-state index contributed by atoms with van der Waals surface area (Å²) in [5, 5.41) is 5.37. The van der Waals surface area contributed by atoms with Crippen LogP contribution in [0, 0.1) is 0 Å². The standard InChI is InChI=1S/C14H21N3O4.ClH/c1-9(18)16-12-5-4-10(20-2)6-13(12)17-14(19)7-11(8-15)21-3;/h4-6,11H,7-8,15H2,1-3H3,(H,16,18)(H,17,19);1H. The molecule has 0 aliphatic heterocycles. The van der Waals surface area contributed by atoms with Gasteiger partial charge in [0.1, 0.15) is 5.75 Å². The first-order valence-corrected chi connectivity index (χ1v) is 6.48. The number of halogens is 1. The van der Waals surface area contributed by atoms with E-state index in [-0.39, 0.29) is 43.3 Å². The number of nitrogens with one attached hydrogen (secondary N) is 2. The smallest absolute Gasteiger partial charge is 0.227 e. The normalized spacial score (nSPS) is 11.1. The summed E-state index contributed by atoms with van der Waals surface area (Å²) in [7, 11) is 3.02. The highest BCUT2D eigenvalue weighted by Gasteiger charge is 2.14. The summed E-state index contributed by atoms with van der Waals surface area (Å²) >= 11 is 0. The number of rotatable bonds is 7. The number of nitrogens with two attached hydrogens (primary N) is 1. The maximum absolute atomic E-state index is 12.0. The maximum Gasteiger partial charge on any atom is 0.227 e. The Bertz CT molecular complexity index is 507. The van der Waals surface area contributed by atoms with Crippen molar-refractivity contribution < 1.29 is 19.1 Å². The average Bonchev–Trinajstić information content (AvgIpc) is 2.46. The van der Waals surface area contributed by atoms with Crippen LogP contribution in [0.15, 0.2) is 18.2 Å². The summed E-state index contributed by atoms with van der Waals surface area (Å²) in [5.41, 5.74) is 6.44. The van der Waals surface area contributed by atoms with Gasteiger partial charge in [-0.05, 0) is 12.1 Å². The van der Waals surface area contributed by atoms with Crippen LogP contribution in [0.2, 0.25) is 0 Å². The van der Waals surface area contributed by atoms with Gasteiger partial charge in [0.25, 0.3) is 0 Å². The summed E-state index contributed by atoms with van der Waals surface area (Å²) in [6, 6.07) is 4.98. The second-order valence-corrected chi connectivity index (χ2v) is 4.44. The summed E-state index contributed by atoms with van der Waals surface area (Å²) in [5.74, 6) is 0.0843. The third-order valence-corrected chi connectivity index (χ3v) is 2.82. The van der Waals surface area contributed by atoms with Gasteiger partial charge in [-0.25, -0.2) is 0 Å². The molecule has 2 amide bonds. The third-order valence-electron chi connectivity index (χ3n) is 2.82. The topological polar surface area (TPSA) is 103 Å². The Labute approximate surface area is 135 Å². The minimum atomic E-state index is -0.347. The van der Waals surface area contributed by atoms with Crippen LogP contribution in [-0.4, -0.2) is 38.7 Å². The van der Waals surface area contributed by atoms with Crippen LogP contribution >= 0.6 is 12.4 Å². The van der Waals surface area contributed by atoms with E-state index in [1.807, 2.05) is 0 Å². The molecule has 1 unspecified atom stereocenters. The van der Waals surface area contributed by atoms with Gasteiger partial charge in [0, 0.05) is 26.6 Å². The first-order chi connectivity index (χ1) is 9.99. The molecule has 22 heavy (non-hydrogen) atoms. The van der Waals surface area contributed by atoms with Gasteiger partial charge in [-0.2, -0.15) is 0 Å². The highest BCUT2D eigenvalue weighted by molar-refractivity contribution is 5.99. The molecule has 0 aromatic heterocycles. The Morgan fingerprint density at radius 3 is 2.41 bits per heavy atom. The lowest BCUT2D eigenvalue weighted by atomic mass is 10.2. The molecule has 0 saturated carbocycles. The molecule has 7 nitrogen and oxygen atoms in total. The van der Waals surface area contributed by atoms with Crippen molar-refractivity contribution in [1.82, 2.24) is 0 Å². The van der Waals surface area contributed by atoms with Crippen molar-refractivity contribution >= 4 is 35.6 Å². The van der Waals surface area contributed by atoms with Gasteiger partial charge >= 0.3 is 0 Å². The van der Waals surface area contributed by atoms with E-state index in [1.165, 1.54) is 21.1 Å². The number of anilines is 2. The molecule has 8 heteroatoms. The van der Waals surface area contributed by atoms with Crippen LogP contribution < -0.4 is 21.1 Å². The number of amides is 2. The monoisotopic (exact) mass is 331 g/mol. The van der Waals surface area contributed by atoms with E-state index >= 15 is 0 Å². The minimum absolute atomic E-state index is 0. The highest BCUT2D eigenvalue weighted by Crippen LogP contribution is 2.27. The largest absolute Gasteiger partial charge is 0.497 e. The molecular formula is C14H22ClN3O4. The van der Waals surface area contributed by atoms with Gasteiger partial charge in [0.2, 0.25) is 11.8 Å². The molecule has 0 fully saturated rings. The van der Waals surface area contributed by atoms with Crippen LogP contribution in [0.1, 0.15) is 13.3 Å². The van der Waals surface area contributed by atoms with Gasteiger partial charge in [-0.15, -0.1) is 12.4 Å². The number of hydrogen-bond acceptors (Lipinski definition) is 5. The van der Waals surface area contributed by atoms with Crippen molar-refractivity contribution in [3.63, 3.8) is 0 Å². The van der Waals surface area contributed by atoms with Crippen molar-refractivity contribution in [3.8, 4) is 5.75 Å². The molecule has 1 aromatic carbocycles. The van der Waals surface area contributed by atoms with Crippen LogP contribution in [0.3, 0.4) is 0 Å². The van der Waals surface area contributed by atoms with E-state index < -0.39 is 0 Å². The lowest BCUT2D eigenvalue weighted by Crippen LogP contribution is -2.28. The van der Waals surface area contributed by atoms with Gasteiger partial charge in [-0.1, -0.05) is 0 Å².